The van der Waals surface area contributed by atoms with Crippen LogP contribution in [-0.2, 0) is 0 Å². The molecule has 0 radical (unpaired) electrons. The van der Waals surface area contributed by atoms with Crippen molar-refractivity contribution < 1.29 is 5.11 Å². The van der Waals surface area contributed by atoms with Gasteiger partial charge in [0.05, 0.1) is 0 Å². The molecule has 2 aromatic rings. The quantitative estimate of drug-likeness (QED) is 0.919. The maximum atomic E-state index is 9.42. The van der Waals surface area contributed by atoms with E-state index in [0.29, 0.717) is 6.04 Å². The summed E-state index contributed by atoms with van der Waals surface area (Å²) in [6, 6.07) is 21.5. The largest absolute Gasteiger partial charge is 0.396 e. The molecule has 1 heterocycles. The highest BCUT2D eigenvalue weighted by molar-refractivity contribution is 5.46. The van der Waals surface area contributed by atoms with E-state index < -0.39 is 0 Å². The highest BCUT2D eigenvalue weighted by Gasteiger charge is 2.24. The molecule has 22 heavy (non-hydrogen) atoms. The number of hydrogen-bond acceptors (Lipinski definition) is 3. The number of piperazine rings is 1. The minimum Gasteiger partial charge on any atom is -0.396 e. The summed E-state index contributed by atoms with van der Waals surface area (Å²) in [7, 11) is 0. The lowest BCUT2D eigenvalue weighted by molar-refractivity contribution is 0.149. The van der Waals surface area contributed by atoms with Crippen molar-refractivity contribution in [3.63, 3.8) is 0 Å². The van der Waals surface area contributed by atoms with Gasteiger partial charge in [0.15, 0.2) is 0 Å². The molecule has 3 rings (SSSR count). The molecule has 0 amide bonds. The van der Waals surface area contributed by atoms with Crippen molar-refractivity contribution in [2.24, 2.45) is 0 Å². The van der Waals surface area contributed by atoms with Gasteiger partial charge in [-0.3, -0.25) is 4.90 Å². The summed E-state index contributed by atoms with van der Waals surface area (Å²) in [5, 5.41) is 9.42. The maximum absolute atomic E-state index is 9.42. The molecule has 1 aliphatic rings. The molecule has 2 aromatic carbocycles. The van der Waals surface area contributed by atoms with Crippen LogP contribution in [0.1, 0.15) is 18.0 Å². The van der Waals surface area contributed by atoms with Crippen LogP contribution in [0.3, 0.4) is 0 Å². The Morgan fingerprint density at radius 2 is 1.41 bits per heavy atom. The summed E-state index contributed by atoms with van der Waals surface area (Å²) in [5.74, 6) is 0. The average Bonchev–Trinajstić information content (AvgIpc) is 2.61. The van der Waals surface area contributed by atoms with E-state index in [9.17, 15) is 5.11 Å². The van der Waals surface area contributed by atoms with E-state index in [-0.39, 0.29) is 6.61 Å². The van der Waals surface area contributed by atoms with Crippen LogP contribution in [0.5, 0.6) is 0 Å². The molecule has 1 N–H and O–H groups in total. The summed E-state index contributed by atoms with van der Waals surface area (Å²) < 4.78 is 0. The molecular weight excluding hydrogens is 272 g/mol. The summed E-state index contributed by atoms with van der Waals surface area (Å²) in [6.07, 6.45) is 0.801. The van der Waals surface area contributed by atoms with Gasteiger partial charge in [0.1, 0.15) is 0 Å². The lowest BCUT2D eigenvalue weighted by Gasteiger charge is -2.40. The van der Waals surface area contributed by atoms with Crippen LogP contribution in [0.4, 0.5) is 5.69 Å². The highest BCUT2D eigenvalue weighted by atomic mass is 16.3. The molecule has 1 fully saturated rings. The van der Waals surface area contributed by atoms with Crippen molar-refractivity contribution in [1.82, 2.24) is 4.90 Å². The first kappa shape index (κ1) is 15.1. The molecule has 3 heteroatoms. The second-order valence-electron chi connectivity index (χ2n) is 5.80. The van der Waals surface area contributed by atoms with Crippen molar-refractivity contribution in [2.45, 2.75) is 12.5 Å². The van der Waals surface area contributed by atoms with Crippen LogP contribution < -0.4 is 4.90 Å². The Morgan fingerprint density at radius 1 is 0.818 bits per heavy atom. The molecule has 0 saturated carbocycles. The standard InChI is InChI=1S/C19H24N2O/c22-16-11-19(17-7-3-1-4-8-17)21-14-12-20(13-15-21)18-9-5-2-6-10-18/h1-10,19,22H,11-16H2. The van der Waals surface area contributed by atoms with Crippen LogP contribution in [0, 0.1) is 0 Å². The van der Waals surface area contributed by atoms with E-state index in [1.165, 1.54) is 11.3 Å². The Bertz CT molecular complexity index is 550. The molecule has 0 spiro atoms. The van der Waals surface area contributed by atoms with Crippen LogP contribution in [0.2, 0.25) is 0 Å². The normalized spacial score (nSPS) is 17.4. The number of nitrogens with zero attached hydrogens (tertiary/aromatic N) is 2. The number of aliphatic hydroxyl groups is 1. The van der Waals surface area contributed by atoms with Crippen LogP contribution >= 0.6 is 0 Å². The minimum atomic E-state index is 0.235. The molecule has 1 unspecified atom stereocenters. The van der Waals surface area contributed by atoms with Crippen molar-refractivity contribution in [1.29, 1.82) is 0 Å². The first-order valence-electron chi connectivity index (χ1n) is 8.08. The fourth-order valence-corrected chi connectivity index (χ4v) is 3.29. The van der Waals surface area contributed by atoms with Gasteiger partial charge in [0, 0.05) is 44.5 Å². The number of hydrogen-bond donors (Lipinski definition) is 1. The van der Waals surface area contributed by atoms with Gasteiger partial charge in [-0.1, -0.05) is 48.5 Å². The van der Waals surface area contributed by atoms with E-state index in [4.69, 9.17) is 0 Å². The predicted octanol–water partition coefficient (Wildman–Crippen LogP) is 2.93. The Kier molecular flexibility index (Phi) is 5.09. The SMILES string of the molecule is OCCC(c1ccccc1)N1CCN(c2ccccc2)CC1. The molecule has 0 aromatic heterocycles. The lowest BCUT2D eigenvalue weighted by Crippen LogP contribution is -2.47. The Hall–Kier alpha value is -1.84. The molecular formula is C19H24N2O. The van der Waals surface area contributed by atoms with Gasteiger partial charge in [0.25, 0.3) is 0 Å². The number of benzene rings is 2. The summed E-state index contributed by atoms with van der Waals surface area (Å²) in [5.41, 5.74) is 2.62. The average molecular weight is 296 g/mol. The first-order chi connectivity index (χ1) is 10.9. The fourth-order valence-electron chi connectivity index (χ4n) is 3.29. The topological polar surface area (TPSA) is 26.7 Å². The van der Waals surface area contributed by atoms with Crippen molar-refractivity contribution >= 4 is 5.69 Å². The third-order valence-corrected chi connectivity index (χ3v) is 4.46. The van der Waals surface area contributed by atoms with E-state index in [1.807, 2.05) is 6.07 Å². The second-order valence-corrected chi connectivity index (χ2v) is 5.80. The van der Waals surface area contributed by atoms with E-state index >= 15 is 0 Å². The summed E-state index contributed by atoms with van der Waals surface area (Å²) >= 11 is 0. The van der Waals surface area contributed by atoms with Crippen LogP contribution in [-0.4, -0.2) is 42.8 Å². The van der Waals surface area contributed by atoms with Crippen LogP contribution in [0.25, 0.3) is 0 Å². The number of aliphatic hydroxyl groups excluding tert-OH is 1. The van der Waals surface area contributed by atoms with Gasteiger partial charge in [-0.25, -0.2) is 0 Å². The number of anilines is 1. The van der Waals surface area contributed by atoms with Gasteiger partial charge in [-0.05, 0) is 24.1 Å². The molecule has 1 atom stereocenters. The molecule has 0 aliphatic carbocycles. The zero-order valence-electron chi connectivity index (χ0n) is 12.9. The third-order valence-electron chi connectivity index (χ3n) is 4.46. The van der Waals surface area contributed by atoms with Crippen molar-refractivity contribution in [3.05, 3.63) is 66.2 Å². The Labute approximate surface area is 132 Å². The molecule has 116 valence electrons. The minimum absolute atomic E-state index is 0.235. The van der Waals surface area contributed by atoms with Gasteiger partial charge in [-0.2, -0.15) is 0 Å². The zero-order chi connectivity index (χ0) is 15.2. The Morgan fingerprint density at radius 3 is 2.00 bits per heavy atom. The van der Waals surface area contributed by atoms with Crippen molar-refractivity contribution in [2.75, 3.05) is 37.7 Å². The predicted molar refractivity (Wildman–Crippen MR) is 91.1 cm³/mol. The summed E-state index contributed by atoms with van der Waals surface area (Å²) in [4.78, 5) is 4.95. The van der Waals surface area contributed by atoms with Gasteiger partial charge in [0.2, 0.25) is 0 Å². The molecule has 1 aliphatic heterocycles. The van der Waals surface area contributed by atoms with Crippen molar-refractivity contribution in [3.8, 4) is 0 Å². The lowest BCUT2D eigenvalue weighted by atomic mass is 10.0. The van der Waals surface area contributed by atoms with E-state index in [1.54, 1.807) is 0 Å². The fraction of sp³-hybridized carbons (Fsp3) is 0.368. The molecule has 3 nitrogen and oxygen atoms in total. The Balaban J connectivity index is 1.66. The first-order valence-corrected chi connectivity index (χ1v) is 8.08. The number of para-hydroxylation sites is 1. The van der Waals surface area contributed by atoms with Gasteiger partial charge < -0.3 is 10.0 Å². The van der Waals surface area contributed by atoms with E-state index in [2.05, 4.69) is 64.4 Å². The molecule has 0 bridgehead atoms. The maximum Gasteiger partial charge on any atom is 0.0449 e. The van der Waals surface area contributed by atoms with E-state index in [0.717, 1.165) is 32.6 Å². The smallest absolute Gasteiger partial charge is 0.0449 e. The van der Waals surface area contributed by atoms with Crippen LogP contribution in [0.15, 0.2) is 60.7 Å². The number of rotatable bonds is 5. The van der Waals surface area contributed by atoms with Gasteiger partial charge in [-0.15, -0.1) is 0 Å². The second kappa shape index (κ2) is 7.43. The third kappa shape index (κ3) is 3.49. The van der Waals surface area contributed by atoms with Gasteiger partial charge >= 0.3 is 0 Å². The monoisotopic (exact) mass is 296 g/mol. The zero-order valence-corrected chi connectivity index (χ0v) is 12.9. The summed E-state index contributed by atoms with van der Waals surface area (Å²) in [6.45, 7) is 4.39. The highest BCUT2D eigenvalue weighted by Crippen LogP contribution is 2.26. The molecule has 1 saturated heterocycles.